The van der Waals surface area contributed by atoms with Crippen LogP contribution >= 0.6 is 0 Å². The molecule has 0 heterocycles. The van der Waals surface area contributed by atoms with E-state index in [2.05, 4.69) is 0 Å². The smallest absolute Gasteiger partial charge is 0.139 e. The van der Waals surface area contributed by atoms with Crippen LogP contribution in [0.3, 0.4) is 0 Å². The quantitative estimate of drug-likeness (QED) is 0.286. The summed E-state index contributed by atoms with van der Waals surface area (Å²) < 4.78 is 5.28. The number of aliphatic hydroxyl groups excluding tert-OH is 3. The van der Waals surface area contributed by atoms with Gasteiger partial charge < -0.3 is 30.6 Å². The van der Waals surface area contributed by atoms with Crippen LogP contribution in [-0.4, -0.2) is 59.2 Å². The Morgan fingerprint density at radius 2 is 2.00 bits per heavy atom. The average Bonchev–Trinajstić information content (AvgIpc) is 2.36. The van der Waals surface area contributed by atoms with Crippen molar-refractivity contribution in [2.45, 2.75) is 50.5 Å². The number of unbranched alkanes of at least 4 members (excludes halogenated alkanes) is 2. The summed E-state index contributed by atoms with van der Waals surface area (Å²) in [7, 11) is 0. The SMILES string of the molecule is CCCCCO[C@@H]([C@H](O)[C@H](N)C=O)[C@H](O)CO. The summed E-state index contributed by atoms with van der Waals surface area (Å²) >= 11 is 0. The van der Waals surface area contributed by atoms with Crippen LogP contribution in [-0.2, 0) is 9.53 Å². The molecule has 4 atom stereocenters. The maximum absolute atomic E-state index is 10.5. The fourth-order valence-corrected chi connectivity index (χ4v) is 1.41. The average molecular weight is 249 g/mol. The molecule has 0 unspecified atom stereocenters. The molecule has 5 N–H and O–H groups in total. The molecule has 0 bridgehead atoms. The molecule has 0 fully saturated rings. The van der Waals surface area contributed by atoms with Crippen LogP contribution in [0.5, 0.6) is 0 Å². The lowest BCUT2D eigenvalue weighted by Gasteiger charge is -2.28. The number of carbonyl (C=O) groups is 1. The number of carbonyl (C=O) groups excluding carboxylic acids is 1. The van der Waals surface area contributed by atoms with Crippen molar-refractivity contribution in [1.82, 2.24) is 0 Å². The van der Waals surface area contributed by atoms with Crippen molar-refractivity contribution < 1.29 is 24.9 Å². The number of aliphatic hydroxyl groups is 3. The third-order valence-corrected chi connectivity index (χ3v) is 2.51. The van der Waals surface area contributed by atoms with Crippen molar-refractivity contribution in [2.75, 3.05) is 13.2 Å². The topological polar surface area (TPSA) is 113 Å². The molecule has 0 aromatic heterocycles. The van der Waals surface area contributed by atoms with E-state index in [0.29, 0.717) is 12.9 Å². The van der Waals surface area contributed by atoms with Crippen LogP contribution in [0.2, 0.25) is 0 Å². The van der Waals surface area contributed by atoms with Gasteiger partial charge in [-0.25, -0.2) is 0 Å². The first-order valence-corrected chi connectivity index (χ1v) is 5.87. The molecule has 0 aromatic rings. The molecule has 0 rings (SSSR count). The monoisotopic (exact) mass is 249 g/mol. The van der Waals surface area contributed by atoms with Crippen molar-refractivity contribution in [3.8, 4) is 0 Å². The highest BCUT2D eigenvalue weighted by atomic mass is 16.5. The fourth-order valence-electron chi connectivity index (χ4n) is 1.41. The van der Waals surface area contributed by atoms with Gasteiger partial charge in [0.05, 0.1) is 12.6 Å². The number of ether oxygens (including phenoxy) is 1. The first kappa shape index (κ1) is 16.5. The van der Waals surface area contributed by atoms with Gasteiger partial charge in [-0.3, -0.25) is 0 Å². The molecule has 0 radical (unpaired) electrons. The number of aldehydes is 1. The molecule has 0 aromatic carbocycles. The second-order valence-corrected chi connectivity index (χ2v) is 4.00. The van der Waals surface area contributed by atoms with E-state index in [0.717, 1.165) is 19.3 Å². The Balaban J connectivity index is 4.27. The summed E-state index contributed by atoms with van der Waals surface area (Å²) in [5, 5.41) is 28.0. The molecule has 0 saturated carbocycles. The Kier molecular flexibility index (Phi) is 9.20. The van der Waals surface area contributed by atoms with Gasteiger partial charge in [0.25, 0.3) is 0 Å². The highest BCUT2D eigenvalue weighted by molar-refractivity contribution is 5.58. The van der Waals surface area contributed by atoms with Gasteiger partial charge >= 0.3 is 0 Å². The summed E-state index contributed by atoms with van der Waals surface area (Å²) in [5.41, 5.74) is 5.35. The Morgan fingerprint density at radius 1 is 1.35 bits per heavy atom. The lowest BCUT2D eigenvalue weighted by molar-refractivity contribution is -0.129. The Hall–Kier alpha value is -0.530. The van der Waals surface area contributed by atoms with Crippen LogP contribution in [0.25, 0.3) is 0 Å². The van der Waals surface area contributed by atoms with Gasteiger partial charge in [0.1, 0.15) is 24.6 Å². The van der Waals surface area contributed by atoms with E-state index in [9.17, 15) is 15.0 Å². The number of hydrogen-bond acceptors (Lipinski definition) is 6. The van der Waals surface area contributed by atoms with Gasteiger partial charge in [0.15, 0.2) is 0 Å². The largest absolute Gasteiger partial charge is 0.394 e. The normalized spacial score (nSPS) is 18.4. The summed E-state index contributed by atoms with van der Waals surface area (Å²) in [6, 6.07) is -1.13. The zero-order chi connectivity index (χ0) is 13.3. The Bertz CT molecular complexity index is 202. The minimum absolute atomic E-state index is 0.345. The van der Waals surface area contributed by atoms with E-state index >= 15 is 0 Å². The highest BCUT2D eigenvalue weighted by Crippen LogP contribution is 2.09. The van der Waals surface area contributed by atoms with Gasteiger partial charge in [0, 0.05) is 6.61 Å². The third-order valence-electron chi connectivity index (χ3n) is 2.51. The van der Waals surface area contributed by atoms with Crippen molar-refractivity contribution >= 4 is 6.29 Å². The summed E-state index contributed by atoms with van der Waals surface area (Å²) in [5.74, 6) is 0. The van der Waals surface area contributed by atoms with Crippen molar-refractivity contribution in [1.29, 1.82) is 0 Å². The number of nitrogens with two attached hydrogens (primary N) is 1. The number of hydrogen-bond donors (Lipinski definition) is 4. The minimum Gasteiger partial charge on any atom is -0.394 e. The predicted molar refractivity (Wildman–Crippen MR) is 62.4 cm³/mol. The molecule has 0 aliphatic carbocycles. The summed E-state index contributed by atoms with van der Waals surface area (Å²) in [6.45, 7) is 1.83. The third kappa shape index (κ3) is 6.09. The first-order valence-electron chi connectivity index (χ1n) is 5.87. The molecule has 0 aliphatic rings. The predicted octanol–water partition coefficient (Wildman–Crippen LogP) is -1.20. The van der Waals surface area contributed by atoms with E-state index in [4.69, 9.17) is 15.6 Å². The first-order chi connectivity index (χ1) is 8.08. The van der Waals surface area contributed by atoms with Gasteiger partial charge in [-0.15, -0.1) is 0 Å². The van der Waals surface area contributed by atoms with E-state index in [1.165, 1.54) is 0 Å². The summed E-state index contributed by atoms with van der Waals surface area (Å²) in [6.07, 6.45) is -0.457. The molecule has 0 saturated heterocycles. The van der Waals surface area contributed by atoms with Gasteiger partial charge in [-0.05, 0) is 6.42 Å². The van der Waals surface area contributed by atoms with Gasteiger partial charge in [0.2, 0.25) is 0 Å². The molecule has 0 spiro atoms. The van der Waals surface area contributed by atoms with E-state index in [1.54, 1.807) is 0 Å². The molecule has 102 valence electrons. The van der Waals surface area contributed by atoms with E-state index in [-0.39, 0.29) is 0 Å². The lowest BCUT2D eigenvalue weighted by atomic mass is 10.0. The molecular formula is C11H23NO5. The lowest BCUT2D eigenvalue weighted by Crippen LogP contribution is -2.51. The van der Waals surface area contributed by atoms with Crippen LogP contribution in [0.1, 0.15) is 26.2 Å². The van der Waals surface area contributed by atoms with Crippen LogP contribution < -0.4 is 5.73 Å². The maximum atomic E-state index is 10.5. The second-order valence-electron chi connectivity index (χ2n) is 4.00. The van der Waals surface area contributed by atoms with Crippen LogP contribution in [0, 0.1) is 0 Å². The fraction of sp³-hybridized carbons (Fsp3) is 0.909. The Morgan fingerprint density at radius 3 is 2.47 bits per heavy atom. The molecular weight excluding hydrogens is 226 g/mol. The molecule has 6 heteroatoms. The second kappa shape index (κ2) is 9.49. The van der Waals surface area contributed by atoms with Crippen molar-refractivity contribution in [3.63, 3.8) is 0 Å². The molecule has 6 nitrogen and oxygen atoms in total. The minimum atomic E-state index is -1.32. The Labute approximate surface area is 101 Å². The zero-order valence-electron chi connectivity index (χ0n) is 10.2. The molecule has 0 aliphatic heterocycles. The standard InChI is InChI=1S/C11H23NO5/c1-2-3-4-5-17-11(9(15)7-14)10(16)8(12)6-13/h6,8-11,14-16H,2-5,7,12H2,1H3/t8-,9-,10-,11-/m1/s1. The zero-order valence-corrected chi connectivity index (χ0v) is 10.2. The maximum Gasteiger partial charge on any atom is 0.139 e. The number of rotatable bonds is 10. The van der Waals surface area contributed by atoms with Crippen molar-refractivity contribution in [2.24, 2.45) is 5.73 Å². The van der Waals surface area contributed by atoms with E-state index < -0.39 is 31.0 Å². The molecule has 0 amide bonds. The van der Waals surface area contributed by atoms with Gasteiger partial charge in [-0.2, -0.15) is 0 Å². The highest BCUT2D eigenvalue weighted by Gasteiger charge is 2.31. The van der Waals surface area contributed by atoms with E-state index in [1.807, 2.05) is 6.92 Å². The van der Waals surface area contributed by atoms with Crippen LogP contribution in [0.4, 0.5) is 0 Å². The molecule has 17 heavy (non-hydrogen) atoms. The van der Waals surface area contributed by atoms with Gasteiger partial charge in [-0.1, -0.05) is 19.8 Å². The van der Waals surface area contributed by atoms with Crippen LogP contribution in [0.15, 0.2) is 0 Å². The summed E-state index contributed by atoms with van der Waals surface area (Å²) in [4.78, 5) is 10.5. The van der Waals surface area contributed by atoms with Crippen molar-refractivity contribution in [3.05, 3.63) is 0 Å².